The molecule has 4 N–H and O–H groups in total. The summed E-state index contributed by atoms with van der Waals surface area (Å²) >= 11 is 0. The van der Waals surface area contributed by atoms with E-state index in [-0.39, 0.29) is 60.7 Å². The largest absolute Gasteiger partial charge is 0.481 e. The second-order valence-corrected chi connectivity index (χ2v) is 8.20. The van der Waals surface area contributed by atoms with Gasteiger partial charge in [0.05, 0.1) is 19.0 Å². The quantitative estimate of drug-likeness (QED) is 0.204. The molecule has 0 aliphatic rings. The smallest absolute Gasteiger partial charge is 0.305 e. The molecular weight excluding hydrogens is 486 g/mol. The number of aromatic nitrogens is 1. The van der Waals surface area contributed by atoms with Crippen LogP contribution in [0.25, 0.3) is 11.1 Å². The number of anilines is 1. The standard InChI is InChI=1S/C27H29FN4O4.Na/c28-22-8-2-1-7-21(22)19-11-13-20(14-12-19)23(17-27(35)36)32-26(34)18-31-25(33)10-4-6-16-30-24-9-3-5-15-29-24;/h1-3,5,7-9,11-15,23H,4,6,10,16-18H2,(H,29,30)(H,31,33)(H,32,34)(H,35,36);. The molecule has 1 radical (unpaired) electrons. The molecule has 0 aliphatic heterocycles. The molecule has 2 aromatic carbocycles. The molecule has 189 valence electrons. The summed E-state index contributed by atoms with van der Waals surface area (Å²) in [6.45, 7) is 0.422. The van der Waals surface area contributed by atoms with Crippen molar-refractivity contribution in [3.8, 4) is 11.1 Å². The van der Waals surface area contributed by atoms with Crippen LogP contribution in [0.5, 0.6) is 0 Å². The van der Waals surface area contributed by atoms with Crippen molar-refractivity contribution >= 4 is 53.2 Å². The van der Waals surface area contributed by atoms with Gasteiger partial charge in [0.15, 0.2) is 0 Å². The number of hydrogen-bond donors (Lipinski definition) is 4. The van der Waals surface area contributed by atoms with Gasteiger partial charge in [0.25, 0.3) is 0 Å². The second-order valence-electron chi connectivity index (χ2n) is 8.20. The van der Waals surface area contributed by atoms with Crippen molar-refractivity contribution in [2.75, 3.05) is 18.4 Å². The van der Waals surface area contributed by atoms with Gasteiger partial charge in [-0.1, -0.05) is 48.5 Å². The average molecular weight is 516 g/mol. The van der Waals surface area contributed by atoms with E-state index >= 15 is 0 Å². The van der Waals surface area contributed by atoms with Crippen LogP contribution < -0.4 is 16.0 Å². The molecule has 3 aromatic rings. The number of carbonyl (C=O) groups excluding carboxylic acids is 2. The molecule has 2 amide bonds. The van der Waals surface area contributed by atoms with Crippen molar-refractivity contribution in [2.24, 2.45) is 0 Å². The van der Waals surface area contributed by atoms with E-state index in [4.69, 9.17) is 0 Å². The second kappa shape index (κ2) is 15.8. The molecule has 37 heavy (non-hydrogen) atoms. The zero-order valence-corrected chi connectivity index (χ0v) is 22.7. The van der Waals surface area contributed by atoms with Gasteiger partial charge in [0.1, 0.15) is 11.6 Å². The molecule has 0 aliphatic carbocycles. The summed E-state index contributed by atoms with van der Waals surface area (Å²) in [6, 6.07) is 17.8. The first-order valence-electron chi connectivity index (χ1n) is 11.7. The molecule has 0 spiro atoms. The minimum Gasteiger partial charge on any atom is -0.481 e. The molecule has 0 saturated heterocycles. The van der Waals surface area contributed by atoms with E-state index in [1.807, 2.05) is 18.2 Å². The van der Waals surface area contributed by atoms with Gasteiger partial charge in [-0.15, -0.1) is 0 Å². The third-order valence-electron chi connectivity index (χ3n) is 5.46. The van der Waals surface area contributed by atoms with E-state index < -0.39 is 17.9 Å². The molecule has 1 unspecified atom stereocenters. The van der Waals surface area contributed by atoms with Gasteiger partial charge in [0, 0.05) is 54.3 Å². The van der Waals surface area contributed by atoms with Gasteiger partial charge in [-0.25, -0.2) is 9.37 Å². The summed E-state index contributed by atoms with van der Waals surface area (Å²) in [5.41, 5.74) is 1.63. The van der Waals surface area contributed by atoms with Gasteiger partial charge >= 0.3 is 5.97 Å². The van der Waals surface area contributed by atoms with Crippen LogP contribution in [-0.2, 0) is 14.4 Å². The van der Waals surface area contributed by atoms with Crippen molar-refractivity contribution in [3.05, 3.63) is 84.3 Å². The number of aliphatic carboxylic acids is 1. The number of carbonyl (C=O) groups is 3. The van der Waals surface area contributed by atoms with Crippen LogP contribution in [0.4, 0.5) is 10.2 Å². The molecule has 8 nitrogen and oxygen atoms in total. The maximum absolute atomic E-state index is 14.0. The Bertz CT molecular complexity index is 1160. The Hall–Kier alpha value is -3.27. The van der Waals surface area contributed by atoms with Gasteiger partial charge in [-0.3, -0.25) is 14.4 Å². The molecule has 0 fully saturated rings. The predicted octanol–water partition coefficient (Wildman–Crippen LogP) is 3.54. The summed E-state index contributed by atoms with van der Waals surface area (Å²) in [5.74, 6) is -1.42. The first-order chi connectivity index (χ1) is 17.4. The Morgan fingerprint density at radius 3 is 2.32 bits per heavy atom. The van der Waals surface area contributed by atoms with Crippen LogP contribution in [0.15, 0.2) is 72.9 Å². The zero-order valence-electron chi connectivity index (χ0n) is 20.7. The van der Waals surface area contributed by atoms with Crippen molar-refractivity contribution in [3.63, 3.8) is 0 Å². The van der Waals surface area contributed by atoms with Crippen molar-refractivity contribution < 1.29 is 23.9 Å². The molecule has 1 atom stereocenters. The zero-order chi connectivity index (χ0) is 25.8. The molecule has 3 rings (SSSR count). The van der Waals surface area contributed by atoms with Crippen LogP contribution in [-0.4, -0.2) is 70.5 Å². The van der Waals surface area contributed by atoms with E-state index in [1.165, 1.54) is 6.07 Å². The minimum atomic E-state index is -1.08. The Balaban J connectivity index is 0.00000481. The predicted molar refractivity (Wildman–Crippen MR) is 140 cm³/mol. The summed E-state index contributed by atoms with van der Waals surface area (Å²) in [4.78, 5) is 40.0. The van der Waals surface area contributed by atoms with E-state index in [0.29, 0.717) is 29.7 Å². The summed E-state index contributed by atoms with van der Waals surface area (Å²) in [7, 11) is 0. The Kier molecular flexibility index (Phi) is 12.8. The average Bonchev–Trinajstić information content (AvgIpc) is 2.88. The van der Waals surface area contributed by atoms with Crippen LogP contribution in [0.1, 0.15) is 37.3 Å². The summed E-state index contributed by atoms with van der Waals surface area (Å²) in [6.07, 6.45) is 3.04. The number of carboxylic acids is 1. The minimum absolute atomic E-state index is 0. The number of amides is 2. The van der Waals surface area contributed by atoms with E-state index in [0.717, 1.165) is 12.2 Å². The molecule has 10 heteroatoms. The third-order valence-corrected chi connectivity index (χ3v) is 5.46. The van der Waals surface area contributed by atoms with Gasteiger partial charge < -0.3 is 21.1 Å². The van der Waals surface area contributed by atoms with E-state index in [1.54, 1.807) is 48.7 Å². The number of halogens is 1. The van der Waals surface area contributed by atoms with Crippen LogP contribution in [0, 0.1) is 5.82 Å². The maximum Gasteiger partial charge on any atom is 0.305 e. The topological polar surface area (TPSA) is 120 Å². The van der Waals surface area contributed by atoms with Crippen molar-refractivity contribution in [2.45, 2.75) is 31.7 Å². The normalized spacial score (nSPS) is 11.1. The molecule has 0 saturated carbocycles. The Morgan fingerprint density at radius 2 is 1.65 bits per heavy atom. The molecule has 1 aromatic heterocycles. The summed E-state index contributed by atoms with van der Waals surface area (Å²) < 4.78 is 14.0. The molecule has 0 bridgehead atoms. The van der Waals surface area contributed by atoms with Crippen molar-refractivity contribution in [1.82, 2.24) is 15.6 Å². The number of hydrogen-bond acceptors (Lipinski definition) is 5. The number of nitrogens with one attached hydrogen (secondary N) is 3. The number of unbranched alkanes of at least 4 members (excludes halogenated alkanes) is 1. The molecule has 1 heterocycles. The van der Waals surface area contributed by atoms with Gasteiger partial charge in [-0.2, -0.15) is 0 Å². The maximum atomic E-state index is 14.0. The van der Waals surface area contributed by atoms with E-state index in [9.17, 15) is 23.9 Å². The van der Waals surface area contributed by atoms with E-state index in [2.05, 4.69) is 20.9 Å². The number of nitrogens with zero attached hydrogens (tertiary/aromatic N) is 1. The van der Waals surface area contributed by atoms with Crippen LogP contribution >= 0.6 is 0 Å². The Labute approximate surface area is 237 Å². The third kappa shape index (κ3) is 10.3. The summed E-state index contributed by atoms with van der Waals surface area (Å²) in [5, 5.41) is 17.7. The first kappa shape index (κ1) is 30.0. The SMILES string of the molecule is O=C(O)CC(NC(=O)CNC(=O)CCCCNc1ccccn1)c1ccc(-c2ccccc2F)cc1.[Na]. The van der Waals surface area contributed by atoms with Gasteiger partial charge in [0.2, 0.25) is 11.8 Å². The number of benzene rings is 2. The fraction of sp³-hybridized carbons (Fsp3) is 0.259. The number of rotatable bonds is 13. The van der Waals surface area contributed by atoms with Gasteiger partial charge in [-0.05, 0) is 42.2 Å². The number of carboxylic acid groups (broad SMARTS) is 1. The van der Waals surface area contributed by atoms with Crippen molar-refractivity contribution in [1.29, 1.82) is 0 Å². The first-order valence-corrected chi connectivity index (χ1v) is 11.7. The fourth-order valence-electron chi connectivity index (χ4n) is 3.62. The van der Waals surface area contributed by atoms with Crippen LogP contribution in [0.3, 0.4) is 0 Å². The molecular formula is C27H29FN4NaO4. The Morgan fingerprint density at radius 1 is 0.919 bits per heavy atom. The van der Waals surface area contributed by atoms with Crippen LogP contribution in [0.2, 0.25) is 0 Å². The number of pyridine rings is 1. The monoisotopic (exact) mass is 515 g/mol. The fourth-order valence-corrected chi connectivity index (χ4v) is 3.62.